The van der Waals surface area contributed by atoms with E-state index in [4.69, 9.17) is 0 Å². The third-order valence-electron chi connectivity index (χ3n) is 3.90. The summed E-state index contributed by atoms with van der Waals surface area (Å²) in [4.78, 5) is 34.2. The number of hydrazine groups is 1. The molecule has 11 heteroatoms. The minimum atomic E-state index is -4.74. The Hall–Kier alpha value is -3.63. The van der Waals surface area contributed by atoms with Gasteiger partial charge in [0.1, 0.15) is 11.7 Å². The van der Waals surface area contributed by atoms with Gasteiger partial charge in [0.25, 0.3) is 17.5 Å². The Morgan fingerprint density at radius 1 is 1.07 bits per heavy atom. The first kappa shape index (κ1) is 21.7. The number of nitrogens with one attached hydrogen (secondary N) is 3. The third-order valence-corrected chi connectivity index (χ3v) is 3.90. The van der Waals surface area contributed by atoms with Gasteiger partial charge in [-0.15, -0.1) is 0 Å². The van der Waals surface area contributed by atoms with Crippen molar-refractivity contribution in [2.24, 2.45) is 0 Å². The number of benzene rings is 2. The maximum atomic E-state index is 12.7. The number of carbonyl (C=O) groups is 2. The predicted molar refractivity (Wildman–Crippen MR) is 98.0 cm³/mol. The Balaban J connectivity index is 2.04. The molecule has 1 atom stereocenters. The van der Waals surface area contributed by atoms with Gasteiger partial charge >= 0.3 is 6.18 Å². The average Bonchev–Trinajstić information content (AvgIpc) is 2.65. The molecular weight excluding hydrogens is 393 g/mol. The van der Waals surface area contributed by atoms with Gasteiger partial charge in [0, 0.05) is 11.6 Å². The quantitative estimate of drug-likeness (QED) is 0.518. The molecule has 0 aliphatic carbocycles. The number of anilines is 1. The SMILES string of the molecule is Cc1ccc(C(=O)NNC(=O)C(C)Nc2ccc(C(F)(F)F)cc2[N+](=O)[O-])cc1. The van der Waals surface area contributed by atoms with Gasteiger partial charge in [0.2, 0.25) is 0 Å². The van der Waals surface area contributed by atoms with Crippen LogP contribution in [0.5, 0.6) is 0 Å². The lowest BCUT2D eigenvalue weighted by Gasteiger charge is -2.16. The summed E-state index contributed by atoms with van der Waals surface area (Å²) in [7, 11) is 0. The zero-order chi connectivity index (χ0) is 21.8. The fourth-order valence-electron chi connectivity index (χ4n) is 2.28. The number of hydrogen-bond donors (Lipinski definition) is 3. The number of hydrogen-bond acceptors (Lipinski definition) is 5. The van der Waals surface area contributed by atoms with E-state index in [2.05, 4.69) is 16.2 Å². The van der Waals surface area contributed by atoms with Gasteiger partial charge in [0.15, 0.2) is 0 Å². The van der Waals surface area contributed by atoms with Crippen molar-refractivity contribution in [2.75, 3.05) is 5.32 Å². The second-order valence-electron chi connectivity index (χ2n) is 6.16. The second kappa shape index (κ2) is 8.59. The monoisotopic (exact) mass is 410 g/mol. The van der Waals surface area contributed by atoms with Gasteiger partial charge in [0.05, 0.1) is 10.5 Å². The van der Waals surface area contributed by atoms with Crippen molar-refractivity contribution in [1.29, 1.82) is 0 Å². The van der Waals surface area contributed by atoms with Gasteiger partial charge in [-0.25, -0.2) is 0 Å². The number of halogens is 3. The number of alkyl halides is 3. The molecule has 0 radical (unpaired) electrons. The standard InChI is InChI=1S/C18H17F3N4O4/c1-10-3-5-12(6-4-10)17(27)24-23-16(26)11(2)22-14-8-7-13(18(19,20)21)9-15(14)25(28)29/h3-9,11,22H,1-2H3,(H,23,26)(H,24,27). The van der Waals surface area contributed by atoms with Crippen LogP contribution in [0.4, 0.5) is 24.5 Å². The zero-order valence-electron chi connectivity index (χ0n) is 15.3. The smallest absolute Gasteiger partial charge is 0.368 e. The van der Waals surface area contributed by atoms with E-state index in [0.29, 0.717) is 17.7 Å². The fraction of sp³-hybridized carbons (Fsp3) is 0.222. The summed E-state index contributed by atoms with van der Waals surface area (Å²) >= 11 is 0. The molecule has 1 unspecified atom stereocenters. The van der Waals surface area contributed by atoms with Crippen LogP contribution in [0.15, 0.2) is 42.5 Å². The highest BCUT2D eigenvalue weighted by Gasteiger charge is 2.33. The van der Waals surface area contributed by atoms with Crippen LogP contribution >= 0.6 is 0 Å². The average molecular weight is 410 g/mol. The van der Waals surface area contributed by atoms with E-state index in [1.54, 1.807) is 24.3 Å². The summed E-state index contributed by atoms with van der Waals surface area (Å²) in [5.41, 5.74) is 3.30. The highest BCUT2D eigenvalue weighted by Crippen LogP contribution is 2.35. The number of nitrogens with zero attached hydrogens (tertiary/aromatic N) is 1. The van der Waals surface area contributed by atoms with E-state index >= 15 is 0 Å². The molecule has 0 fully saturated rings. The van der Waals surface area contributed by atoms with Crippen LogP contribution in [-0.4, -0.2) is 22.8 Å². The molecule has 0 aliphatic rings. The molecular formula is C18H17F3N4O4. The Morgan fingerprint density at radius 3 is 2.24 bits per heavy atom. The zero-order valence-corrected chi connectivity index (χ0v) is 15.3. The van der Waals surface area contributed by atoms with E-state index in [-0.39, 0.29) is 5.69 Å². The molecule has 0 spiro atoms. The van der Waals surface area contributed by atoms with Gasteiger partial charge < -0.3 is 5.32 Å². The number of carbonyl (C=O) groups excluding carboxylic acids is 2. The largest absolute Gasteiger partial charge is 0.416 e. The topological polar surface area (TPSA) is 113 Å². The molecule has 2 aromatic carbocycles. The number of amides is 2. The van der Waals surface area contributed by atoms with E-state index in [0.717, 1.165) is 11.6 Å². The molecule has 8 nitrogen and oxygen atoms in total. The van der Waals surface area contributed by atoms with Crippen molar-refractivity contribution < 1.29 is 27.7 Å². The minimum absolute atomic E-state index is 0.268. The molecule has 0 saturated heterocycles. The van der Waals surface area contributed by atoms with Crippen molar-refractivity contribution in [3.63, 3.8) is 0 Å². The van der Waals surface area contributed by atoms with Crippen LogP contribution in [-0.2, 0) is 11.0 Å². The van der Waals surface area contributed by atoms with Crippen molar-refractivity contribution >= 4 is 23.2 Å². The lowest BCUT2D eigenvalue weighted by atomic mass is 10.1. The molecule has 0 aliphatic heterocycles. The van der Waals surface area contributed by atoms with Crippen molar-refractivity contribution in [3.8, 4) is 0 Å². The van der Waals surface area contributed by atoms with Crippen LogP contribution in [0.2, 0.25) is 0 Å². The van der Waals surface area contributed by atoms with Gasteiger partial charge in [-0.1, -0.05) is 17.7 Å². The first-order valence-electron chi connectivity index (χ1n) is 8.28. The number of nitro benzene ring substituents is 1. The number of rotatable bonds is 5. The first-order valence-corrected chi connectivity index (χ1v) is 8.28. The highest BCUT2D eigenvalue weighted by atomic mass is 19.4. The van der Waals surface area contributed by atoms with E-state index in [1.807, 2.05) is 6.92 Å². The molecule has 29 heavy (non-hydrogen) atoms. The van der Waals surface area contributed by atoms with Crippen molar-refractivity contribution in [3.05, 3.63) is 69.3 Å². The maximum absolute atomic E-state index is 12.7. The van der Waals surface area contributed by atoms with Crippen molar-refractivity contribution in [2.45, 2.75) is 26.1 Å². The Kier molecular flexibility index (Phi) is 6.42. The van der Waals surface area contributed by atoms with Crippen LogP contribution < -0.4 is 16.2 Å². The number of aryl methyl sites for hydroxylation is 1. The third kappa shape index (κ3) is 5.67. The molecule has 2 rings (SSSR count). The minimum Gasteiger partial charge on any atom is -0.368 e. The molecule has 154 valence electrons. The molecule has 0 aromatic heterocycles. The predicted octanol–water partition coefficient (Wildman–Crippen LogP) is 3.18. The Morgan fingerprint density at radius 2 is 1.69 bits per heavy atom. The van der Waals surface area contributed by atoms with Crippen LogP contribution in [0.3, 0.4) is 0 Å². The van der Waals surface area contributed by atoms with Gasteiger partial charge in [-0.2, -0.15) is 13.2 Å². The van der Waals surface area contributed by atoms with Gasteiger partial charge in [-0.05, 0) is 38.1 Å². The van der Waals surface area contributed by atoms with E-state index < -0.39 is 40.2 Å². The fourth-order valence-corrected chi connectivity index (χ4v) is 2.28. The Labute approximate surface area is 163 Å². The summed E-state index contributed by atoms with van der Waals surface area (Å²) in [5, 5.41) is 13.6. The first-order chi connectivity index (χ1) is 13.5. The molecule has 2 aromatic rings. The van der Waals surface area contributed by atoms with Crippen molar-refractivity contribution in [1.82, 2.24) is 10.9 Å². The molecule has 3 N–H and O–H groups in total. The normalized spacial score (nSPS) is 12.0. The summed E-state index contributed by atoms with van der Waals surface area (Å²) in [5.74, 6) is -1.33. The molecule has 0 heterocycles. The highest BCUT2D eigenvalue weighted by molar-refractivity contribution is 5.96. The molecule has 2 amide bonds. The lowest BCUT2D eigenvalue weighted by molar-refractivity contribution is -0.384. The van der Waals surface area contributed by atoms with E-state index in [9.17, 15) is 32.9 Å². The summed E-state index contributed by atoms with van der Waals surface area (Å²) in [6, 6.07) is 7.37. The Bertz CT molecular complexity index is 930. The van der Waals surface area contributed by atoms with Gasteiger partial charge in [-0.3, -0.25) is 30.6 Å². The summed E-state index contributed by atoms with van der Waals surface area (Å²) in [6.45, 7) is 3.17. The number of nitro groups is 1. The summed E-state index contributed by atoms with van der Waals surface area (Å²) in [6.07, 6.45) is -4.74. The van der Waals surface area contributed by atoms with Crippen LogP contribution in [0.25, 0.3) is 0 Å². The van der Waals surface area contributed by atoms with Crippen LogP contribution in [0.1, 0.15) is 28.4 Å². The second-order valence-corrected chi connectivity index (χ2v) is 6.16. The van der Waals surface area contributed by atoms with E-state index in [1.165, 1.54) is 6.92 Å². The molecule has 0 bridgehead atoms. The van der Waals surface area contributed by atoms with Crippen LogP contribution in [0, 0.1) is 17.0 Å². The lowest BCUT2D eigenvalue weighted by Crippen LogP contribution is -2.47. The maximum Gasteiger partial charge on any atom is 0.416 e. The summed E-state index contributed by atoms with van der Waals surface area (Å²) < 4.78 is 38.2. The molecule has 0 saturated carbocycles.